The number of nitrogens with zero attached hydrogens (tertiary/aromatic N) is 1. The Morgan fingerprint density at radius 1 is 1.03 bits per heavy atom. The van der Waals surface area contributed by atoms with Crippen LogP contribution in [0.3, 0.4) is 0 Å². The van der Waals surface area contributed by atoms with Gasteiger partial charge in [0.05, 0.1) is 16.9 Å². The van der Waals surface area contributed by atoms with Crippen LogP contribution in [0.2, 0.25) is 0 Å². The number of nitriles is 1. The van der Waals surface area contributed by atoms with Crippen LogP contribution in [0, 0.1) is 17.2 Å². The predicted molar refractivity (Wildman–Crippen MR) is 127 cm³/mol. The van der Waals surface area contributed by atoms with Gasteiger partial charge in [0.1, 0.15) is 11.2 Å². The van der Waals surface area contributed by atoms with Gasteiger partial charge in [0.15, 0.2) is 9.84 Å². The van der Waals surface area contributed by atoms with Crippen LogP contribution in [-0.2, 0) is 14.6 Å². The molecule has 1 aliphatic rings. The zero-order valence-electron chi connectivity index (χ0n) is 20.2. The summed E-state index contributed by atoms with van der Waals surface area (Å²) in [5.41, 5.74) is -1.82. The first kappa shape index (κ1) is 27.7. The lowest BCUT2D eigenvalue weighted by molar-refractivity contribution is -0.157. The number of rotatable bonds is 9. The van der Waals surface area contributed by atoms with Crippen molar-refractivity contribution >= 4 is 15.7 Å². The van der Waals surface area contributed by atoms with Crippen molar-refractivity contribution in [1.82, 2.24) is 5.32 Å². The highest BCUT2D eigenvalue weighted by Crippen LogP contribution is 2.43. The Morgan fingerprint density at radius 3 is 1.92 bits per heavy atom. The molecular formula is C26H28F4N2O3S. The second-order valence-corrected chi connectivity index (χ2v) is 12.1. The number of alkyl halides is 4. The lowest BCUT2D eigenvalue weighted by Gasteiger charge is -2.29. The number of carbonyl (C=O) groups excluding carboxylic acids is 1. The quantitative estimate of drug-likeness (QED) is 0.425. The number of carbonyl (C=O) groups is 1. The first-order chi connectivity index (χ1) is 16.5. The van der Waals surface area contributed by atoms with Crippen molar-refractivity contribution in [1.29, 1.82) is 5.26 Å². The van der Waals surface area contributed by atoms with Gasteiger partial charge in [-0.3, -0.25) is 4.79 Å². The molecule has 0 saturated heterocycles. The SMILES string of the molecule is CC(C)(F)C[C@H](C[C@@H](c1ccc(-c2ccc(S(C)(=O)=O)cc2)cc1)C(F)(F)F)C(=O)NC1(C#N)CC1. The molecule has 0 radical (unpaired) electrons. The maximum Gasteiger partial charge on any atom is 0.395 e. The van der Waals surface area contributed by atoms with E-state index in [0.717, 1.165) is 6.26 Å². The Kier molecular flexibility index (Phi) is 7.56. The summed E-state index contributed by atoms with van der Waals surface area (Å²) in [5, 5.41) is 11.8. The van der Waals surface area contributed by atoms with E-state index in [1.165, 1.54) is 50.2 Å². The average Bonchev–Trinajstić information content (AvgIpc) is 3.54. The van der Waals surface area contributed by atoms with Crippen LogP contribution in [-0.4, -0.2) is 38.0 Å². The fraction of sp³-hybridized carbons (Fsp3) is 0.462. The molecule has 2 aromatic rings. The van der Waals surface area contributed by atoms with Crippen LogP contribution in [0.25, 0.3) is 11.1 Å². The van der Waals surface area contributed by atoms with Crippen molar-refractivity contribution in [2.45, 2.75) is 67.7 Å². The van der Waals surface area contributed by atoms with Gasteiger partial charge in [-0.15, -0.1) is 0 Å². The number of amides is 1. The Bertz CT molecular complexity index is 1240. The molecule has 0 unspecified atom stereocenters. The molecule has 0 aliphatic heterocycles. The molecule has 5 nitrogen and oxygen atoms in total. The summed E-state index contributed by atoms with van der Waals surface area (Å²) in [6, 6.07) is 13.6. The molecule has 0 heterocycles. The van der Waals surface area contributed by atoms with E-state index < -0.39 is 57.8 Å². The molecule has 1 aliphatic carbocycles. The van der Waals surface area contributed by atoms with E-state index in [1.807, 2.05) is 6.07 Å². The van der Waals surface area contributed by atoms with E-state index in [4.69, 9.17) is 0 Å². The van der Waals surface area contributed by atoms with Gasteiger partial charge in [-0.25, -0.2) is 12.8 Å². The molecule has 0 bridgehead atoms. The van der Waals surface area contributed by atoms with E-state index >= 15 is 0 Å². The van der Waals surface area contributed by atoms with E-state index in [2.05, 4.69) is 5.32 Å². The topological polar surface area (TPSA) is 87.0 Å². The van der Waals surface area contributed by atoms with Gasteiger partial charge >= 0.3 is 6.18 Å². The zero-order valence-corrected chi connectivity index (χ0v) is 21.0. The standard InChI is InChI=1S/C26H28F4N2O3S/c1-24(2,27)15-20(23(33)32-25(16-31)12-13-25)14-22(26(28,29)30)19-6-4-17(5-7-19)18-8-10-21(11-9-18)36(3,34)35/h4-11,20,22H,12-15H2,1-3H3,(H,32,33)/t20-,22-/m0/s1. The van der Waals surface area contributed by atoms with Crippen LogP contribution < -0.4 is 5.32 Å². The summed E-state index contributed by atoms with van der Waals surface area (Å²) in [7, 11) is -3.38. The summed E-state index contributed by atoms with van der Waals surface area (Å²) in [6.45, 7) is 2.41. The molecule has 36 heavy (non-hydrogen) atoms. The van der Waals surface area contributed by atoms with Gasteiger partial charge in [0, 0.05) is 12.2 Å². The van der Waals surface area contributed by atoms with Crippen molar-refractivity contribution in [2.75, 3.05) is 6.26 Å². The Labute approximate surface area is 208 Å². The second-order valence-electron chi connectivity index (χ2n) is 10.1. The van der Waals surface area contributed by atoms with Gasteiger partial charge in [0.2, 0.25) is 5.91 Å². The number of hydrogen-bond donors (Lipinski definition) is 1. The van der Waals surface area contributed by atoms with E-state index in [1.54, 1.807) is 12.1 Å². The number of hydrogen-bond acceptors (Lipinski definition) is 4. The van der Waals surface area contributed by atoms with Crippen LogP contribution in [0.15, 0.2) is 53.4 Å². The number of benzene rings is 2. The van der Waals surface area contributed by atoms with Crippen molar-refractivity contribution in [3.05, 3.63) is 54.1 Å². The lowest BCUT2D eigenvalue weighted by Crippen LogP contribution is -2.42. The third-order valence-corrected chi connectivity index (χ3v) is 7.40. The molecule has 2 atom stereocenters. The van der Waals surface area contributed by atoms with Crippen molar-refractivity contribution in [3.8, 4) is 17.2 Å². The average molecular weight is 525 g/mol. The second kappa shape index (κ2) is 9.85. The molecule has 1 fully saturated rings. The normalized spacial score (nSPS) is 17.1. The van der Waals surface area contributed by atoms with Crippen molar-refractivity contribution in [2.24, 2.45) is 5.92 Å². The molecule has 1 amide bonds. The molecule has 0 spiro atoms. The fourth-order valence-electron chi connectivity index (χ4n) is 4.14. The molecule has 10 heteroatoms. The minimum Gasteiger partial charge on any atom is -0.338 e. The molecule has 1 saturated carbocycles. The van der Waals surface area contributed by atoms with Gasteiger partial charge in [-0.05, 0) is 68.4 Å². The Balaban J connectivity index is 1.86. The molecule has 3 rings (SSSR count). The van der Waals surface area contributed by atoms with Crippen LogP contribution in [0.1, 0.15) is 51.0 Å². The first-order valence-corrected chi connectivity index (χ1v) is 13.3. The van der Waals surface area contributed by atoms with E-state index in [0.29, 0.717) is 24.0 Å². The highest BCUT2D eigenvalue weighted by molar-refractivity contribution is 7.90. The van der Waals surface area contributed by atoms with Gasteiger partial charge in [-0.1, -0.05) is 36.4 Å². The number of halogens is 4. The summed E-state index contributed by atoms with van der Waals surface area (Å²) >= 11 is 0. The zero-order chi connectivity index (χ0) is 26.9. The van der Waals surface area contributed by atoms with Crippen LogP contribution in [0.5, 0.6) is 0 Å². The summed E-state index contributed by atoms with van der Waals surface area (Å²) in [4.78, 5) is 13.0. The maximum atomic E-state index is 14.5. The minimum absolute atomic E-state index is 0.0742. The summed E-state index contributed by atoms with van der Waals surface area (Å²) < 4.78 is 80.1. The smallest absolute Gasteiger partial charge is 0.338 e. The first-order valence-electron chi connectivity index (χ1n) is 11.4. The molecular weight excluding hydrogens is 496 g/mol. The minimum atomic E-state index is -4.69. The highest BCUT2D eigenvalue weighted by atomic mass is 32.2. The largest absolute Gasteiger partial charge is 0.395 e. The summed E-state index contributed by atoms with van der Waals surface area (Å²) in [5.74, 6) is -4.06. The fourth-order valence-corrected chi connectivity index (χ4v) is 4.77. The van der Waals surface area contributed by atoms with E-state index in [9.17, 15) is 36.0 Å². The van der Waals surface area contributed by atoms with Gasteiger partial charge < -0.3 is 5.32 Å². The molecule has 2 aromatic carbocycles. The number of nitrogens with one attached hydrogen (secondary N) is 1. The lowest BCUT2D eigenvalue weighted by atomic mass is 9.82. The number of sulfone groups is 1. The predicted octanol–water partition coefficient (Wildman–Crippen LogP) is 5.72. The van der Waals surface area contributed by atoms with Gasteiger partial charge in [0.25, 0.3) is 0 Å². The van der Waals surface area contributed by atoms with Gasteiger partial charge in [-0.2, -0.15) is 18.4 Å². The summed E-state index contributed by atoms with van der Waals surface area (Å²) in [6.07, 6.45) is -3.86. The Hall–Kier alpha value is -2.93. The van der Waals surface area contributed by atoms with E-state index in [-0.39, 0.29) is 10.5 Å². The maximum absolute atomic E-state index is 14.5. The van der Waals surface area contributed by atoms with Crippen LogP contribution >= 0.6 is 0 Å². The highest BCUT2D eigenvalue weighted by Gasteiger charge is 2.48. The van der Waals surface area contributed by atoms with Crippen molar-refractivity contribution < 1.29 is 30.8 Å². The van der Waals surface area contributed by atoms with Crippen LogP contribution in [0.4, 0.5) is 17.6 Å². The molecule has 194 valence electrons. The Morgan fingerprint density at radius 2 is 1.53 bits per heavy atom. The third-order valence-electron chi connectivity index (χ3n) is 6.27. The molecule has 1 N–H and O–H groups in total. The monoisotopic (exact) mass is 524 g/mol. The molecule has 0 aromatic heterocycles. The van der Waals surface area contributed by atoms with Crippen molar-refractivity contribution in [3.63, 3.8) is 0 Å². The third kappa shape index (κ3) is 7.06.